The van der Waals surface area contributed by atoms with Crippen molar-refractivity contribution in [3.8, 4) is 0 Å². The van der Waals surface area contributed by atoms with E-state index < -0.39 is 0 Å². The van der Waals surface area contributed by atoms with Crippen molar-refractivity contribution in [2.75, 3.05) is 33.4 Å². The molecular formula is C9H19NO3. The van der Waals surface area contributed by atoms with E-state index in [4.69, 9.17) is 9.84 Å². The van der Waals surface area contributed by atoms with E-state index in [9.17, 15) is 5.11 Å². The number of aliphatic hydroxyl groups is 2. The third-order valence-electron chi connectivity index (χ3n) is 2.60. The molecular weight excluding hydrogens is 170 g/mol. The van der Waals surface area contributed by atoms with Gasteiger partial charge in [-0.3, -0.25) is 4.90 Å². The van der Waals surface area contributed by atoms with Crippen molar-refractivity contribution in [3.63, 3.8) is 0 Å². The van der Waals surface area contributed by atoms with Crippen LogP contribution < -0.4 is 0 Å². The second kappa shape index (κ2) is 5.54. The van der Waals surface area contributed by atoms with E-state index in [0.29, 0.717) is 13.0 Å². The molecule has 1 saturated heterocycles. The van der Waals surface area contributed by atoms with Gasteiger partial charge in [0.05, 0.1) is 19.3 Å². The molecule has 2 unspecified atom stereocenters. The van der Waals surface area contributed by atoms with Crippen molar-refractivity contribution in [2.24, 2.45) is 0 Å². The molecule has 0 aromatic heterocycles. The van der Waals surface area contributed by atoms with Gasteiger partial charge in [-0.25, -0.2) is 0 Å². The second-order valence-electron chi connectivity index (χ2n) is 3.54. The Morgan fingerprint density at radius 3 is 2.92 bits per heavy atom. The lowest BCUT2D eigenvalue weighted by Crippen LogP contribution is -2.47. The standard InChI is InChI=1S/C9H19NO3/c1-13-5-4-10-3-2-9(12)6-8(10)7-11/h8-9,11-12H,2-7H2,1H3. The van der Waals surface area contributed by atoms with E-state index >= 15 is 0 Å². The Morgan fingerprint density at radius 1 is 1.54 bits per heavy atom. The Kier molecular flexibility index (Phi) is 4.66. The molecule has 2 N–H and O–H groups in total. The largest absolute Gasteiger partial charge is 0.395 e. The molecule has 0 radical (unpaired) electrons. The molecule has 0 bridgehead atoms. The number of methoxy groups -OCH3 is 1. The van der Waals surface area contributed by atoms with Gasteiger partial charge in [-0.2, -0.15) is 0 Å². The molecule has 1 fully saturated rings. The zero-order chi connectivity index (χ0) is 9.68. The molecule has 2 atom stereocenters. The van der Waals surface area contributed by atoms with Gasteiger partial charge in [0.2, 0.25) is 0 Å². The number of aliphatic hydroxyl groups excluding tert-OH is 2. The summed E-state index contributed by atoms with van der Waals surface area (Å²) in [4.78, 5) is 2.18. The Morgan fingerprint density at radius 2 is 2.31 bits per heavy atom. The Labute approximate surface area is 79.1 Å². The molecule has 1 aliphatic rings. The summed E-state index contributed by atoms with van der Waals surface area (Å²) in [6, 6.07) is 0.110. The molecule has 0 spiro atoms. The number of rotatable bonds is 4. The minimum absolute atomic E-state index is 0.110. The highest BCUT2D eigenvalue weighted by Crippen LogP contribution is 2.16. The molecule has 1 aliphatic heterocycles. The van der Waals surface area contributed by atoms with Crippen molar-refractivity contribution in [1.29, 1.82) is 0 Å². The minimum Gasteiger partial charge on any atom is -0.395 e. The molecule has 13 heavy (non-hydrogen) atoms. The van der Waals surface area contributed by atoms with Gasteiger partial charge in [0.1, 0.15) is 0 Å². The molecule has 4 heteroatoms. The predicted octanol–water partition coefficient (Wildman–Crippen LogP) is -0.550. The summed E-state index contributed by atoms with van der Waals surface area (Å²) in [6.45, 7) is 2.51. The van der Waals surface area contributed by atoms with Crippen LogP contribution in [0.3, 0.4) is 0 Å². The van der Waals surface area contributed by atoms with E-state index in [1.54, 1.807) is 7.11 Å². The lowest BCUT2D eigenvalue weighted by atomic mass is 10.0. The SMILES string of the molecule is COCCN1CCC(O)CC1CO. The van der Waals surface area contributed by atoms with Gasteiger partial charge >= 0.3 is 0 Å². The molecule has 4 nitrogen and oxygen atoms in total. The molecule has 0 amide bonds. The van der Waals surface area contributed by atoms with Crippen molar-refractivity contribution in [3.05, 3.63) is 0 Å². The zero-order valence-electron chi connectivity index (χ0n) is 8.15. The van der Waals surface area contributed by atoms with E-state index in [1.165, 1.54) is 0 Å². The average Bonchev–Trinajstić information content (AvgIpc) is 2.16. The lowest BCUT2D eigenvalue weighted by molar-refractivity contribution is 0.00603. The minimum atomic E-state index is -0.240. The third kappa shape index (κ3) is 3.23. The van der Waals surface area contributed by atoms with Gasteiger partial charge in [0, 0.05) is 26.2 Å². The van der Waals surface area contributed by atoms with E-state index in [1.807, 2.05) is 0 Å². The number of ether oxygens (including phenoxy) is 1. The highest BCUT2D eigenvalue weighted by Gasteiger charge is 2.26. The van der Waals surface area contributed by atoms with Crippen LogP contribution in [0.4, 0.5) is 0 Å². The number of piperidine rings is 1. The second-order valence-corrected chi connectivity index (χ2v) is 3.54. The van der Waals surface area contributed by atoms with Crippen LogP contribution in [0.1, 0.15) is 12.8 Å². The quantitative estimate of drug-likeness (QED) is 0.623. The highest BCUT2D eigenvalue weighted by atomic mass is 16.5. The first-order valence-corrected chi connectivity index (χ1v) is 4.79. The van der Waals surface area contributed by atoms with Crippen molar-refractivity contribution < 1.29 is 14.9 Å². The summed E-state index contributed by atoms with van der Waals surface area (Å²) in [5.74, 6) is 0. The molecule has 0 aromatic carbocycles. The summed E-state index contributed by atoms with van der Waals surface area (Å²) in [6.07, 6.45) is 1.25. The van der Waals surface area contributed by atoms with Crippen LogP contribution in [-0.4, -0.2) is 60.7 Å². The maximum Gasteiger partial charge on any atom is 0.0589 e. The monoisotopic (exact) mass is 189 g/mol. The van der Waals surface area contributed by atoms with Crippen LogP contribution >= 0.6 is 0 Å². The fourth-order valence-electron chi connectivity index (χ4n) is 1.77. The fraction of sp³-hybridized carbons (Fsp3) is 1.00. The van der Waals surface area contributed by atoms with Crippen LogP contribution in [0.2, 0.25) is 0 Å². The molecule has 1 rings (SSSR count). The van der Waals surface area contributed by atoms with E-state index in [-0.39, 0.29) is 18.8 Å². The van der Waals surface area contributed by atoms with Gasteiger partial charge in [-0.15, -0.1) is 0 Å². The maximum atomic E-state index is 9.38. The smallest absolute Gasteiger partial charge is 0.0589 e. The molecule has 0 saturated carbocycles. The van der Waals surface area contributed by atoms with Gasteiger partial charge in [-0.1, -0.05) is 0 Å². The predicted molar refractivity (Wildman–Crippen MR) is 49.6 cm³/mol. The first-order valence-electron chi connectivity index (χ1n) is 4.79. The third-order valence-corrected chi connectivity index (χ3v) is 2.60. The lowest BCUT2D eigenvalue weighted by Gasteiger charge is -2.36. The first kappa shape index (κ1) is 10.9. The van der Waals surface area contributed by atoms with Crippen LogP contribution in [0, 0.1) is 0 Å². The maximum absolute atomic E-state index is 9.38. The molecule has 78 valence electrons. The highest BCUT2D eigenvalue weighted by molar-refractivity contribution is 4.80. The number of hydrogen-bond acceptors (Lipinski definition) is 4. The van der Waals surface area contributed by atoms with Gasteiger partial charge in [-0.05, 0) is 12.8 Å². The van der Waals surface area contributed by atoms with Crippen molar-refractivity contribution >= 4 is 0 Å². The number of nitrogens with zero attached hydrogens (tertiary/aromatic N) is 1. The molecule has 0 aromatic rings. The number of likely N-dealkylation sites (tertiary alicyclic amines) is 1. The van der Waals surface area contributed by atoms with Gasteiger partial charge < -0.3 is 14.9 Å². The summed E-state index contributed by atoms with van der Waals surface area (Å²) in [7, 11) is 1.67. The van der Waals surface area contributed by atoms with Crippen LogP contribution in [0.5, 0.6) is 0 Å². The van der Waals surface area contributed by atoms with Gasteiger partial charge in [0.15, 0.2) is 0 Å². The van der Waals surface area contributed by atoms with E-state index in [0.717, 1.165) is 19.5 Å². The van der Waals surface area contributed by atoms with Crippen molar-refractivity contribution in [2.45, 2.75) is 25.0 Å². The first-order chi connectivity index (χ1) is 6.27. The Balaban J connectivity index is 2.33. The van der Waals surface area contributed by atoms with Crippen molar-refractivity contribution in [1.82, 2.24) is 4.90 Å². The van der Waals surface area contributed by atoms with Gasteiger partial charge in [0.25, 0.3) is 0 Å². The van der Waals surface area contributed by atoms with Crippen LogP contribution in [0.15, 0.2) is 0 Å². The molecule has 1 heterocycles. The topological polar surface area (TPSA) is 52.9 Å². The zero-order valence-corrected chi connectivity index (χ0v) is 8.15. The fourth-order valence-corrected chi connectivity index (χ4v) is 1.77. The summed E-state index contributed by atoms with van der Waals surface area (Å²) < 4.78 is 4.98. The van der Waals surface area contributed by atoms with Crippen LogP contribution in [0.25, 0.3) is 0 Å². The summed E-state index contributed by atoms with van der Waals surface area (Å²) in [5.41, 5.74) is 0. The number of hydrogen-bond donors (Lipinski definition) is 2. The Hall–Kier alpha value is -0.160. The van der Waals surface area contributed by atoms with E-state index in [2.05, 4.69) is 4.90 Å². The van der Waals surface area contributed by atoms with Crippen LogP contribution in [-0.2, 0) is 4.74 Å². The normalized spacial score (nSPS) is 30.7. The summed E-state index contributed by atoms with van der Waals surface area (Å²) in [5, 5.41) is 18.5. The average molecular weight is 189 g/mol. The Bertz CT molecular complexity index is 141. The summed E-state index contributed by atoms with van der Waals surface area (Å²) >= 11 is 0. The molecule has 0 aliphatic carbocycles.